The van der Waals surface area contributed by atoms with Gasteiger partial charge in [-0.25, -0.2) is 0 Å². The molecule has 1 amide bonds. The molecule has 2 unspecified atom stereocenters. The van der Waals surface area contributed by atoms with Crippen LogP contribution in [0.15, 0.2) is 0 Å². The quantitative estimate of drug-likeness (QED) is 0.665. The average Bonchev–Trinajstić information content (AvgIpc) is 2.67. The van der Waals surface area contributed by atoms with E-state index in [1.807, 2.05) is 0 Å². The van der Waals surface area contributed by atoms with E-state index in [0.717, 1.165) is 25.7 Å². The Morgan fingerprint density at radius 3 is 2.75 bits per heavy atom. The minimum atomic E-state index is -0.150. The van der Waals surface area contributed by atoms with E-state index in [4.69, 9.17) is 5.73 Å². The Kier molecular flexibility index (Phi) is 3.12. The number of hydrogen-bond acceptors (Lipinski definition) is 1. The summed E-state index contributed by atoms with van der Waals surface area (Å²) in [4.78, 5) is 11.0. The minimum absolute atomic E-state index is 0.0433. The number of unbranched alkanes of at least 4 members (excludes halogenated alkanes) is 1. The van der Waals surface area contributed by atoms with Gasteiger partial charge in [-0.05, 0) is 24.7 Å². The number of carbonyl (C=O) groups excluding carboxylic acids is 1. The van der Waals surface area contributed by atoms with Gasteiger partial charge in [-0.3, -0.25) is 4.79 Å². The fourth-order valence-electron chi connectivity index (χ4n) is 1.64. The van der Waals surface area contributed by atoms with E-state index in [0.29, 0.717) is 5.92 Å². The zero-order valence-corrected chi connectivity index (χ0v) is 7.68. The molecular formula is C10H17NO. The summed E-state index contributed by atoms with van der Waals surface area (Å²) < 4.78 is 0. The maximum atomic E-state index is 11.0. The van der Waals surface area contributed by atoms with E-state index < -0.39 is 0 Å². The van der Waals surface area contributed by atoms with Crippen LogP contribution in [0.25, 0.3) is 0 Å². The molecule has 0 aliphatic heterocycles. The third-order valence-corrected chi connectivity index (χ3v) is 2.55. The molecule has 0 saturated heterocycles. The van der Waals surface area contributed by atoms with Crippen molar-refractivity contribution in [2.24, 2.45) is 17.6 Å². The summed E-state index contributed by atoms with van der Waals surface area (Å²) >= 11 is 0. The van der Waals surface area contributed by atoms with E-state index in [1.165, 1.54) is 5.92 Å². The van der Waals surface area contributed by atoms with Crippen molar-refractivity contribution >= 4 is 5.91 Å². The Balaban J connectivity index is 2.34. The van der Waals surface area contributed by atoms with E-state index in [-0.39, 0.29) is 11.8 Å². The highest BCUT2D eigenvalue weighted by molar-refractivity contribution is 5.79. The molecule has 1 rings (SSSR count). The van der Waals surface area contributed by atoms with E-state index in [1.54, 1.807) is 0 Å². The number of hydrogen-bond donors (Lipinski definition) is 1. The molecule has 12 heavy (non-hydrogen) atoms. The lowest BCUT2D eigenvalue weighted by Gasteiger charge is -2.10. The van der Waals surface area contributed by atoms with Gasteiger partial charge in [0.1, 0.15) is 0 Å². The Morgan fingerprint density at radius 1 is 1.83 bits per heavy atom. The first-order valence-corrected chi connectivity index (χ1v) is 4.61. The Morgan fingerprint density at radius 2 is 2.42 bits per heavy atom. The SMILES string of the molecule is [CH2]CCCC([C]1CC1C)C(N)=O. The van der Waals surface area contributed by atoms with Crippen LogP contribution in [0.4, 0.5) is 0 Å². The van der Waals surface area contributed by atoms with Crippen LogP contribution in [-0.2, 0) is 4.79 Å². The fourth-order valence-corrected chi connectivity index (χ4v) is 1.64. The third kappa shape index (κ3) is 2.23. The van der Waals surface area contributed by atoms with Crippen LogP contribution in [0.2, 0.25) is 0 Å². The molecule has 2 atom stereocenters. The van der Waals surface area contributed by atoms with Gasteiger partial charge in [0.2, 0.25) is 5.91 Å². The lowest BCUT2D eigenvalue weighted by atomic mass is 9.95. The van der Waals surface area contributed by atoms with Gasteiger partial charge in [-0.2, -0.15) is 0 Å². The summed E-state index contributed by atoms with van der Waals surface area (Å²) in [5, 5.41) is 0. The van der Waals surface area contributed by atoms with Crippen molar-refractivity contribution in [3.8, 4) is 0 Å². The molecular weight excluding hydrogens is 150 g/mol. The molecule has 2 heteroatoms. The van der Waals surface area contributed by atoms with Crippen LogP contribution in [0.1, 0.15) is 32.6 Å². The number of nitrogens with two attached hydrogens (primary N) is 1. The van der Waals surface area contributed by atoms with Gasteiger partial charge in [-0.15, -0.1) is 0 Å². The molecule has 68 valence electrons. The predicted octanol–water partition coefficient (Wildman–Crippen LogP) is 1.71. The fraction of sp³-hybridized carbons (Fsp3) is 0.700. The molecule has 1 saturated carbocycles. The predicted molar refractivity (Wildman–Crippen MR) is 48.9 cm³/mol. The van der Waals surface area contributed by atoms with Gasteiger partial charge >= 0.3 is 0 Å². The molecule has 0 spiro atoms. The van der Waals surface area contributed by atoms with Crippen molar-refractivity contribution in [2.45, 2.75) is 32.6 Å². The molecule has 0 aromatic heterocycles. The average molecular weight is 167 g/mol. The maximum absolute atomic E-state index is 11.0. The summed E-state index contributed by atoms with van der Waals surface area (Å²) in [5.41, 5.74) is 5.30. The molecule has 2 radical (unpaired) electrons. The number of amides is 1. The second kappa shape index (κ2) is 3.92. The highest BCUT2D eigenvalue weighted by atomic mass is 16.1. The standard InChI is InChI=1S/C10H17NO/c1-3-4-5-8(10(11)12)9-6-7(9)2/h7-8H,1,3-6H2,2H3,(H2,11,12). The molecule has 0 heterocycles. The summed E-state index contributed by atoms with van der Waals surface area (Å²) in [6.45, 7) is 5.90. The van der Waals surface area contributed by atoms with Gasteiger partial charge in [0.15, 0.2) is 0 Å². The summed E-state index contributed by atoms with van der Waals surface area (Å²) in [7, 11) is 0. The summed E-state index contributed by atoms with van der Waals surface area (Å²) in [6, 6.07) is 0. The number of primary amides is 1. The Hall–Kier alpha value is -0.530. The monoisotopic (exact) mass is 167 g/mol. The summed E-state index contributed by atoms with van der Waals surface area (Å²) in [6.07, 6.45) is 3.90. The van der Waals surface area contributed by atoms with Crippen molar-refractivity contribution in [2.75, 3.05) is 0 Å². The van der Waals surface area contributed by atoms with E-state index >= 15 is 0 Å². The molecule has 0 bridgehead atoms. The first kappa shape index (κ1) is 9.56. The molecule has 0 aromatic rings. The Labute approximate surface area is 74.5 Å². The number of carbonyl (C=O) groups is 1. The molecule has 1 aliphatic rings. The zero-order chi connectivity index (χ0) is 9.14. The van der Waals surface area contributed by atoms with Crippen LogP contribution < -0.4 is 5.73 Å². The van der Waals surface area contributed by atoms with Crippen LogP contribution in [0.3, 0.4) is 0 Å². The largest absolute Gasteiger partial charge is 0.369 e. The first-order valence-electron chi connectivity index (χ1n) is 4.61. The lowest BCUT2D eigenvalue weighted by Crippen LogP contribution is -2.24. The second-order valence-corrected chi connectivity index (χ2v) is 3.63. The van der Waals surface area contributed by atoms with E-state index in [9.17, 15) is 4.79 Å². The number of rotatable bonds is 5. The minimum Gasteiger partial charge on any atom is -0.369 e. The first-order chi connectivity index (χ1) is 5.66. The molecule has 1 fully saturated rings. The Bertz CT molecular complexity index is 167. The van der Waals surface area contributed by atoms with Crippen molar-refractivity contribution in [3.63, 3.8) is 0 Å². The smallest absolute Gasteiger partial charge is 0.221 e. The van der Waals surface area contributed by atoms with Gasteiger partial charge in [0, 0.05) is 5.92 Å². The second-order valence-electron chi connectivity index (χ2n) is 3.63. The third-order valence-electron chi connectivity index (χ3n) is 2.55. The van der Waals surface area contributed by atoms with Crippen LogP contribution in [0, 0.1) is 24.7 Å². The topological polar surface area (TPSA) is 43.1 Å². The maximum Gasteiger partial charge on any atom is 0.221 e. The van der Waals surface area contributed by atoms with Crippen molar-refractivity contribution in [3.05, 3.63) is 12.8 Å². The highest BCUT2D eigenvalue weighted by Gasteiger charge is 2.42. The highest BCUT2D eigenvalue weighted by Crippen LogP contribution is 2.47. The van der Waals surface area contributed by atoms with E-state index in [2.05, 4.69) is 13.8 Å². The molecule has 2 nitrogen and oxygen atoms in total. The summed E-state index contributed by atoms with van der Waals surface area (Å²) in [5.74, 6) is 1.88. The van der Waals surface area contributed by atoms with Crippen LogP contribution in [-0.4, -0.2) is 5.91 Å². The van der Waals surface area contributed by atoms with Crippen molar-refractivity contribution in [1.29, 1.82) is 0 Å². The van der Waals surface area contributed by atoms with Crippen LogP contribution in [0.5, 0.6) is 0 Å². The van der Waals surface area contributed by atoms with Crippen molar-refractivity contribution < 1.29 is 4.79 Å². The van der Waals surface area contributed by atoms with Gasteiger partial charge in [0.25, 0.3) is 0 Å². The molecule has 2 N–H and O–H groups in total. The van der Waals surface area contributed by atoms with Crippen LogP contribution >= 0.6 is 0 Å². The zero-order valence-electron chi connectivity index (χ0n) is 7.68. The molecule has 1 aliphatic carbocycles. The van der Waals surface area contributed by atoms with Gasteiger partial charge < -0.3 is 5.73 Å². The lowest BCUT2D eigenvalue weighted by molar-refractivity contribution is -0.121. The van der Waals surface area contributed by atoms with Gasteiger partial charge in [0.05, 0.1) is 0 Å². The molecule has 0 aromatic carbocycles. The van der Waals surface area contributed by atoms with Crippen molar-refractivity contribution in [1.82, 2.24) is 0 Å². The normalized spacial score (nSPS) is 25.3. The van der Waals surface area contributed by atoms with Gasteiger partial charge in [-0.1, -0.05) is 26.7 Å².